The molecule has 5 heteroatoms. The number of carbonyl (C=O) groups is 1. The molecule has 0 saturated carbocycles. The van der Waals surface area contributed by atoms with Gasteiger partial charge in [-0.3, -0.25) is 4.79 Å². The van der Waals surface area contributed by atoms with Crippen molar-refractivity contribution >= 4 is 21.8 Å². The van der Waals surface area contributed by atoms with Gasteiger partial charge in [0.1, 0.15) is 5.82 Å². The molecule has 0 atom stereocenters. The summed E-state index contributed by atoms with van der Waals surface area (Å²) < 4.78 is 13.3. The second-order valence-electron chi connectivity index (χ2n) is 3.64. The first-order valence-corrected chi connectivity index (χ1v) is 6.24. The van der Waals surface area contributed by atoms with Crippen LogP contribution in [0.25, 0.3) is 0 Å². The van der Waals surface area contributed by atoms with Crippen LogP contribution in [0.3, 0.4) is 0 Å². The van der Waals surface area contributed by atoms with E-state index < -0.39 is 5.82 Å². The first-order valence-electron chi connectivity index (χ1n) is 5.45. The Balaban J connectivity index is 2.88. The van der Waals surface area contributed by atoms with Crippen LogP contribution >= 0.6 is 15.9 Å². The molecular weight excluding hydrogens is 289 g/mol. The van der Waals surface area contributed by atoms with E-state index in [0.717, 1.165) is 6.42 Å². The number of carbonyl (C=O) groups excluding carboxylic acids is 1. The van der Waals surface area contributed by atoms with Crippen molar-refractivity contribution in [1.82, 2.24) is 4.90 Å². The molecule has 1 rings (SSSR count). The maximum Gasteiger partial charge on any atom is 0.253 e. The Morgan fingerprint density at radius 2 is 2.18 bits per heavy atom. The Morgan fingerprint density at radius 3 is 2.71 bits per heavy atom. The van der Waals surface area contributed by atoms with Gasteiger partial charge in [-0.05, 0) is 40.5 Å². The number of aliphatic hydroxyl groups is 1. The zero-order valence-corrected chi connectivity index (χ0v) is 11.2. The summed E-state index contributed by atoms with van der Waals surface area (Å²) in [5, 5.41) is 8.89. The summed E-state index contributed by atoms with van der Waals surface area (Å²) in [7, 11) is 0. The van der Waals surface area contributed by atoms with E-state index in [1.54, 1.807) is 4.90 Å². The largest absolute Gasteiger partial charge is 0.395 e. The molecule has 0 saturated heterocycles. The van der Waals surface area contributed by atoms with Crippen LogP contribution in [-0.2, 0) is 0 Å². The van der Waals surface area contributed by atoms with Crippen LogP contribution in [0.2, 0.25) is 0 Å². The normalized spacial score (nSPS) is 10.4. The van der Waals surface area contributed by atoms with Crippen molar-refractivity contribution in [3.63, 3.8) is 0 Å². The van der Waals surface area contributed by atoms with Crippen LogP contribution in [0.1, 0.15) is 23.7 Å². The number of rotatable bonds is 5. The lowest BCUT2D eigenvalue weighted by Crippen LogP contribution is -2.34. The maximum absolute atomic E-state index is 13.0. The topological polar surface area (TPSA) is 40.5 Å². The fourth-order valence-corrected chi connectivity index (χ4v) is 1.90. The predicted molar refractivity (Wildman–Crippen MR) is 67.4 cm³/mol. The lowest BCUT2D eigenvalue weighted by atomic mass is 10.2. The van der Waals surface area contributed by atoms with Crippen molar-refractivity contribution in [1.29, 1.82) is 0 Å². The maximum atomic E-state index is 13.0. The molecule has 0 radical (unpaired) electrons. The molecule has 0 aliphatic heterocycles. The summed E-state index contributed by atoms with van der Waals surface area (Å²) in [6, 6.07) is 4.15. The van der Waals surface area contributed by atoms with Crippen LogP contribution in [0.4, 0.5) is 4.39 Å². The van der Waals surface area contributed by atoms with Crippen LogP contribution in [-0.4, -0.2) is 35.6 Å². The van der Waals surface area contributed by atoms with E-state index in [0.29, 0.717) is 18.7 Å². The molecule has 0 fully saturated rings. The molecule has 1 amide bonds. The fraction of sp³-hybridized carbons (Fsp3) is 0.417. The quantitative estimate of drug-likeness (QED) is 0.907. The van der Waals surface area contributed by atoms with Gasteiger partial charge in [-0.15, -0.1) is 0 Å². The summed E-state index contributed by atoms with van der Waals surface area (Å²) in [6.45, 7) is 2.75. The van der Waals surface area contributed by atoms with E-state index in [1.165, 1.54) is 18.2 Å². The van der Waals surface area contributed by atoms with Gasteiger partial charge in [0.05, 0.1) is 11.1 Å². The number of amides is 1. The van der Waals surface area contributed by atoms with E-state index >= 15 is 0 Å². The Hall–Kier alpha value is -0.940. The molecule has 0 aliphatic rings. The zero-order valence-electron chi connectivity index (χ0n) is 9.62. The van der Waals surface area contributed by atoms with Gasteiger partial charge >= 0.3 is 0 Å². The molecule has 0 spiro atoms. The Morgan fingerprint density at radius 1 is 1.47 bits per heavy atom. The van der Waals surface area contributed by atoms with E-state index in [2.05, 4.69) is 15.9 Å². The minimum absolute atomic E-state index is 0.0753. The lowest BCUT2D eigenvalue weighted by Gasteiger charge is -2.21. The van der Waals surface area contributed by atoms with E-state index in [4.69, 9.17) is 5.11 Å². The van der Waals surface area contributed by atoms with E-state index in [1.807, 2.05) is 6.92 Å². The molecular formula is C12H15BrFNO2. The SMILES string of the molecule is CCCN(CCO)C(=O)c1ccc(F)c(Br)c1. The predicted octanol–water partition coefficient (Wildman–Crippen LogP) is 2.43. The fourth-order valence-electron chi connectivity index (χ4n) is 1.52. The zero-order chi connectivity index (χ0) is 12.8. The number of aliphatic hydroxyl groups excluding tert-OH is 1. The van der Waals surface area contributed by atoms with Crippen molar-refractivity contribution in [3.8, 4) is 0 Å². The van der Waals surface area contributed by atoms with Gasteiger partial charge < -0.3 is 10.0 Å². The molecule has 1 N–H and O–H groups in total. The number of benzene rings is 1. The lowest BCUT2D eigenvalue weighted by molar-refractivity contribution is 0.0722. The number of halogens is 2. The molecule has 1 aromatic carbocycles. The highest BCUT2D eigenvalue weighted by Gasteiger charge is 2.15. The first kappa shape index (κ1) is 14.1. The molecule has 0 aromatic heterocycles. The van der Waals surface area contributed by atoms with Crippen molar-refractivity contribution in [2.75, 3.05) is 19.7 Å². The smallest absolute Gasteiger partial charge is 0.253 e. The van der Waals surface area contributed by atoms with Crippen molar-refractivity contribution in [3.05, 3.63) is 34.1 Å². The van der Waals surface area contributed by atoms with Crippen molar-refractivity contribution in [2.24, 2.45) is 0 Å². The summed E-state index contributed by atoms with van der Waals surface area (Å²) in [6.07, 6.45) is 0.814. The number of nitrogens with zero attached hydrogens (tertiary/aromatic N) is 1. The third-order valence-electron chi connectivity index (χ3n) is 2.32. The van der Waals surface area contributed by atoms with Gasteiger partial charge in [-0.25, -0.2) is 4.39 Å². The van der Waals surface area contributed by atoms with Crippen LogP contribution in [0, 0.1) is 5.82 Å². The highest BCUT2D eigenvalue weighted by atomic mass is 79.9. The first-order chi connectivity index (χ1) is 8.10. The third-order valence-corrected chi connectivity index (χ3v) is 2.92. The second-order valence-corrected chi connectivity index (χ2v) is 4.50. The molecule has 0 heterocycles. The van der Waals surface area contributed by atoms with Gasteiger partial charge in [0.15, 0.2) is 0 Å². The monoisotopic (exact) mass is 303 g/mol. The average molecular weight is 304 g/mol. The number of hydrogen-bond acceptors (Lipinski definition) is 2. The Kier molecular flexibility index (Phi) is 5.58. The van der Waals surface area contributed by atoms with Crippen LogP contribution in [0.5, 0.6) is 0 Å². The summed E-state index contributed by atoms with van der Waals surface area (Å²) in [5.74, 6) is -0.590. The third kappa shape index (κ3) is 3.78. The molecule has 0 unspecified atom stereocenters. The minimum atomic E-state index is -0.397. The molecule has 1 aromatic rings. The summed E-state index contributed by atoms with van der Waals surface area (Å²) in [5.41, 5.74) is 0.417. The average Bonchev–Trinajstić information content (AvgIpc) is 2.31. The van der Waals surface area contributed by atoms with Crippen LogP contribution < -0.4 is 0 Å². The van der Waals surface area contributed by atoms with Gasteiger partial charge in [0.2, 0.25) is 0 Å². The van der Waals surface area contributed by atoms with Gasteiger partial charge in [-0.1, -0.05) is 6.92 Å². The summed E-state index contributed by atoms with van der Waals surface area (Å²) in [4.78, 5) is 13.6. The Bertz CT molecular complexity index is 392. The van der Waals surface area contributed by atoms with Crippen LogP contribution in [0.15, 0.2) is 22.7 Å². The highest BCUT2D eigenvalue weighted by molar-refractivity contribution is 9.10. The standard InChI is InChI=1S/C12H15BrFNO2/c1-2-5-15(6-7-16)12(17)9-3-4-11(14)10(13)8-9/h3-4,8,16H,2,5-7H2,1H3. The highest BCUT2D eigenvalue weighted by Crippen LogP contribution is 2.18. The Labute approximate surface area is 108 Å². The molecule has 3 nitrogen and oxygen atoms in total. The number of hydrogen-bond donors (Lipinski definition) is 1. The van der Waals surface area contributed by atoms with E-state index in [-0.39, 0.29) is 17.0 Å². The molecule has 0 aliphatic carbocycles. The second kappa shape index (κ2) is 6.71. The van der Waals surface area contributed by atoms with Gasteiger partial charge in [0, 0.05) is 18.7 Å². The summed E-state index contributed by atoms with van der Waals surface area (Å²) >= 11 is 3.05. The minimum Gasteiger partial charge on any atom is -0.395 e. The van der Waals surface area contributed by atoms with Gasteiger partial charge in [0.25, 0.3) is 5.91 Å². The van der Waals surface area contributed by atoms with Gasteiger partial charge in [-0.2, -0.15) is 0 Å². The molecule has 0 bridgehead atoms. The molecule has 17 heavy (non-hydrogen) atoms. The molecule has 94 valence electrons. The van der Waals surface area contributed by atoms with Crippen molar-refractivity contribution < 1.29 is 14.3 Å². The van der Waals surface area contributed by atoms with Crippen molar-refractivity contribution in [2.45, 2.75) is 13.3 Å². The van der Waals surface area contributed by atoms with E-state index in [9.17, 15) is 9.18 Å².